The Bertz CT molecular complexity index is 447. The second kappa shape index (κ2) is 9.23. The standard InChI is InChI=1S/C16H27N3O2/c1-12(2)14-7-5-6-8-15(14)21-10-9-18-16(17)19-13(3)11-20-4/h5-8,12-13H,9-11H2,1-4H3,(H3,17,18,19). The van der Waals surface area contributed by atoms with Gasteiger partial charge in [0.15, 0.2) is 5.96 Å². The molecule has 1 aromatic rings. The van der Waals surface area contributed by atoms with Gasteiger partial charge >= 0.3 is 0 Å². The molecule has 3 N–H and O–H groups in total. The molecule has 21 heavy (non-hydrogen) atoms. The molecule has 118 valence electrons. The summed E-state index contributed by atoms with van der Waals surface area (Å²) in [5.74, 6) is 1.77. The maximum Gasteiger partial charge on any atom is 0.188 e. The highest BCUT2D eigenvalue weighted by Gasteiger charge is 2.06. The third-order valence-electron chi connectivity index (χ3n) is 2.98. The van der Waals surface area contributed by atoms with Crippen LogP contribution in [0.4, 0.5) is 0 Å². The number of hydrogen-bond donors (Lipinski definition) is 2. The van der Waals surface area contributed by atoms with E-state index >= 15 is 0 Å². The molecule has 0 bridgehead atoms. The topological polar surface area (TPSA) is 68.9 Å². The summed E-state index contributed by atoms with van der Waals surface area (Å²) < 4.78 is 10.8. The number of rotatable bonds is 8. The van der Waals surface area contributed by atoms with Crippen LogP contribution in [0.2, 0.25) is 0 Å². The minimum Gasteiger partial charge on any atom is -0.491 e. The van der Waals surface area contributed by atoms with Crippen molar-refractivity contribution in [2.45, 2.75) is 32.7 Å². The lowest BCUT2D eigenvalue weighted by Gasteiger charge is -2.14. The Hall–Kier alpha value is -1.75. The average molecular weight is 293 g/mol. The molecule has 0 saturated heterocycles. The number of para-hydroxylation sites is 1. The molecule has 0 spiro atoms. The van der Waals surface area contributed by atoms with Crippen molar-refractivity contribution in [2.24, 2.45) is 10.7 Å². The smallest absolute Gasteiger partial charge is 0.188 e. The van der Waals surface area contributed by atoms with E-state index in [0.717, 1.165) is 5.75 Å². The molecule has 1 unspecified atom stereocenters. The molecule has 0 heterocycles. The van der Waals surface area contributed by atoms with E-state index in [0.29, 0.717) is 31.6 Å². The fourth-order valence-corrected chi connectivity index (χ4v) is 2.00. The molecular weight excluding hydrogens is 266 g/mol. The van der Waals surface area contributed by atoms with Gasteiger partial charge in [-0.3, -0.25) is 0 Å². The Morgan fingerprint density at radius 2 is 2.00 bits per heavy atom. The van der Waals surface area contributed by atoms with E-state index in [9.17, 15) is 0 Å². The maximum absolute atomic E-state index is 5.79. The first-order chi connectivity index (χ1) is 10.0. The minimum absolute atomic E-state index is 0.140. The van der Waals surface area contributed by atoms with Gasteiger partial charge < -0.3 is 20.5 Å². The van der Waals surface area contributed by atoms with Gasteiger partial charge in [0.2, 0.25) is 0 Å². The second-order valence-electron chi connectivity index (χ2n) is 5.31. The van der Waals surface area contributed by atoms with Crippen molar-refractivity contribution in [1.82, 2.24) is 5.32 Å². The normalized spacial score (nSPS) is 13.3. The first kappa shape index (κ1) is 17.3. The van der Waals surface area contributed by atoms with Gasteiger partial charge in [0.1, 0.15) is 12.4 Å². The van der Waals surface area contributed by atoms with Crippen LogP contribution in [0, 0.1) is 0 Å². The highest BCUT2D eigenvalue weighted by molar-refractivity contribution is 5.78. The van der Waals surface area contributed by atoms with Crippen LogP contribution in [0.25, 0.3) is 0 Å². The van der Waals surface area contributed by atoms with E-state index in [4.69, 9.17) is 15.2 Å². The Morgan fingerprint density at radius 1 is 1.29 bits per heavy atom. The molecule has 0 fully saturated rings. The Kier molecular flexibility index (Phi) is 7.61. The minimum atomic E-state index is 0.140. The zero-order valence-electron chi connectivity index (χ0n) is 13.4. The van der Waals surface area contributed by atoms with E-state index in [1.807, 2.05) is 25.1 Å². The predicted molar refractivity (Wildman–Crippen MR) is 87.0 cm³/mol. The molecule has 0 radical (unpaired) electrons. The van der Waals surface area contributed by atoms with Gasteiger partial charge in [-0.15, -0.1) is 0 Å². The highest BCUT2D eigenvalue weighted by atomic mass is 16.5. The summed E-state index contributed by atoms with van der Waals surface area (Å²) in [4.78, 5) is 4.24. The van der Waals surface area contributed by atoms with Gasteiger partial charge in [-0.05, 0) is 24.5 Å². The number of methoxy groups -OCH3 is 1. The summed E-state index contributed by atoms with van der Waals surface area (Å²) in [7, 11) is 1.66. The van der Waals surface area contributed by atoms with E-state index in [1.54, 1.807) is 7.11 Å². The molecule has 5 nitrogen and oxygen atoms in total. The van der Waals surface area contributed by atoms with E-state index < -0.39 is 0 Å². The number of nitrogens with zero attached hydrogens (tertiary/aromatic N) is 1. The van der Waals surface area contributed by atoms with Gasteiger partial charge in [0.05, 0.1) is 13.2 Å². The number of ether oxygens (including phenoxy) is 2. The Balaban J connectivity index is 2.40. The van der Waals surface area contributed by atoms with Crippen LogP contribution in [0.5, 0.6) is 5.75 Å². The molecule has 0 saturated carbocycles. The monoisotopic (exact) mass is 293 g/mol. The van der Waals surface area contributed by atoms with Crippen molar-refractivity contribution in [1.29, 1.82) is 0 Å². The number of nitrogens with one attached hydrogen (secondary N) is 1. The third-order valence-corrected chi connectivity index (χ3v) is 2.98. The van der Waals surface area contributed by atoms with Gasteiger partial charge in [0, 0.05) is 13.2 Å². The molecule has 0 amide bonds. The number of guanidine groups is 1. The zero-order valence-corrected chi connectivity index (χ0v) is 13.4. The van der Waals surface area contributed by atoms with Gasteiger partial charge in [-0.2, -0.15) is 0 Å². The molecule has 0 aliphatic heterocycles. The Morgan fingerprint density at radius 3 is 2.67 bits per heavy atom. The molecule has 0 aliphatic carbocycles. The molecular formula is C16H27N3O2. The molecule has 1 rings (SSSR count). The quantitative estimate of drug-likeness (QED) is 0.438. The summed E-state index contributed by atoms with van der Waals surface area (Å²) in [6.07, 6.45) is 0. The number of aliphatic imine (C=N–C) groups is 1. The van der Waals surface area contributed by atoms with E-state index in [1.165, 1.54) is 5.56 Å². The number of hydrogen-bond acceptors (Lipinski definition) is 3. The van der Waals surface area contributed by atoms with Crippen LogP contribution in [0.1, 0.15) is 32.3 Å². The SMILES string of the molecule is COCC(C)NC(N)=NCCOc1ccccc1C(C)C. The number of nitrogens with two attached hydrogens (primary N) is 1. The molecule has 0 aliphatic rings. The molecule has 5 heteroatoms. The van der Waals surface area contributed by atoms with Crippen molar-refractivity contribution in [3.63, 3.8) is 0 Å². The van der Waals surface area contributed by atoms with Crippen molar-refractivity contribution in [3.8, 4) is 5.75 Å². The van der Waals surface area contributed by atoms with E-state index in [-0.39, 0.29) is 6.04 Å². The van der Waals surface area contributed by atoms with Crippen LogP contribution in [0.3, 0.4) is 0 Å². The number of benzene rings is 1. The van der Waals surface area contributed by atoms with Gasteiger partial charge in [-0.25, -0.2) is 4.99 Å². The van der Waals surface area contributed by atoms with Crippen molar-refractivity contribution < 1.29 is 9.47 Å². The van der Waals surface area contributed by atoms with E-state index in [2.05, 4.69) is 30.2 Å². The first-order valence-electron chi connectivity index (χ1n) is 7.31. The summed E-state index contributed by atoms with van der Waals surface area (Å²) in [5, 5.41) is 3.06. The lowest BCUT2D eigenvalue weighted by molar-refractivity contribution is 0.179. The Labute approximate surface area is 127 Å². The second-order valence-corrected chi connectivity index (χ2v) is 5.31. The van der Waals surface area contributed by atoms with Crippen LogP contribution >= 0.6 is 0 Å². The fraction of sp³-hybridized carbons (Fsp3) is 0.562. The van der Waals surface area contributed by atoms with Crippen LogP contribution in [-0.2, 0) is 4.74 Å². The summed E-state index contributed by atoms with van der Waals surface area (Å²) in [6, 6.07) is 8.22. The third kappa shape index (κ3) is 6.49. The summed E-state index contributed by atoms with van der Waals surface area (Å²) in [6.45, 7) is 7.91. The predicted octanol–water partition coefficient (Wildman–Crippen LogP) is 2.13. The average Bonchev–Trinajstić information content (AvgIpc) is 2.44. The zero-order chi connectivity index (χ0) is 15.7. The molecule has 1 atom stereocenters. The van der Waals surface area contributed by atoms with Crippen LogP contribution in [0.15, 0.2) is 29.3 Å². The summed E-state index contributed by atoms with van der Waals surface area (Å²) in [5.41, 5.74) is 7.00. The van der Waals surface area contributed by atoms with Crippen molar-refractivity contribution in [3.05, 3.63) is 29.8 Å². The van der Waals surface area contributed by atoms with Crippen molar-refractivity contribution >= 4 is 5.96 Å². The largest absolute Gasteiger partial charge is 0.491 e. The van der Waals surface area contributed by atoms with Crippen LogP contribution < -0.4 is 15.8 Å². The molecule has 0 aromatic heterocycles. The first-order valence-corrected chi connectivity index (χ1v) is 7.31. The van der Waals surface area contributed by atoms with Gasteiger partial charge in [-0.1, -0.05) is 32.0 Å². The van der Waals surface area contributed by atoms with Gasteiger partial charge in [0.25, 0.3) is 0 Å². The summed E-state index contributed by atoms with van der Waals surface area (Å²) >= 11 is 0. The maximum atomic E-state index is 5.79. The highest BCUT2D eigenvalue weighted by Crippen LogP contribution is 2.25. The molecule has 1 aromatic carbocycles. The van der Waals surface area contributed by atoms with Crippen molar-refractivity contribution in [2.75, 3.05) is 26.9 Å². The fourth-order valence-electron chi connectivity index (χ4n) is 2.00. The lowest BCUT2D eigenvalue weighted by atomic mass is 10.0. The van der Waals surface area contributed by atoms with Crippen LogP contribution in [-0.4, -0.2) is 38.9 Å². The lowest BCUT2D eigenvalue weighted by Crippen LogP contribution is -2.40.